The summed E-state index contributed by atoms with van der Waals surface area (Å²) in [7, 11) is 0. The number of hydrogen-bond acceptors (Lipinski definition) is 1. The Kier molecular flexibility index (Phi) is 3.78. The van der Waals surface area contributed by atoms with Crippen LogP contribution in [0.25, 0.3) is 0 Å². The van der Waals surface area contributed by atoms with E-state index in [0.29, 0.717) is 22.2 Å². The van der Waals surface area contributed by atoms with Crippen molar-refractivity contribution < 1.29 is 4.79 Å². The maximum atomic E-state index is 11.2. The Morgan fingerprint density at radius 1 is 1.43 bits per heavy atom. The highest BCUT2D eigenvalue weighted by Gasteiger charge is 2.06. The molecule has 0 aliphatic carbocycles. The molecule has 0 aliphatic heterocycles. The van der Waals surface area contributed by atoms with E-state index in [2.05, 4.69) is 5.32 Å². The van der Waals surface area contributed by atoms with E-state index in [9.17, 15) is 4.79 Å². The minimum atomic E-state index is -0.0496. The lowest BCUT2D eigenvalue weighted by Gasteiger charge is -2.09. The highest BCUT2D eigenvalue weighted by Crippen LogP contribution is 2.28. The van der Waals surface area contributed by atoms with Crippen LogP contribution in [0.1, 0.15) is 18.9 Å². The van der Waals surface area contributed by atoms with Crippen molar-refractivity contribution in [1.29, 1.82) is 0 Å². The Labute approximate surface area is 93.2 Å². The van der Waals surface area contributed by atoms with Crippen molar-refractivity contribution in [2.45, 2.75) is 20.3 Å². The second-order valence-electron chi connectivity index (χ2n) is 2.96. The van der Waals surface area contributed by atoms with Crippen LogP contribution < -0.4 is 5.32 Å². The average molecular weight is 232 g/mol. The molecule has 0 heterocycles. The van der Waals surface area contributed by atoms with Crippen molar-refractivity contribution >= 4 is 34.8 Å². The van der Waals surface area contributed by atoms with Gasteiger partial charge in [0.15, 0.2) is 0 Å². The molecule has 0 aromatic heterocycles. The largest absolute Gasteiger partial charge is 0.326 e. The number of halogens is 2. The van der Waals surface area contributed by atoms with E-state index in [-0.39, 0.29) is 5.91 Å². The van der Waals surface area contributed by atoms with Crippen LogP contribution in [0.5, 0.6) is 0 Å². The summed E-state index contributed by atoms with van der Waals surface area (Å²) in [6.07, 6.45) is 0.434. The topological polar surface area (TPSA) is 29.1 Å². The fourth-order valence-electron chi connectivity index (χ4n) is 1.01. The van der Waals surface area contributed by atoms with Gasteiger partial charge in [0.05, 0.1) is 0 Å². The van der Waals surface area contributed by atoms with Gasteiger partial charge in [0.25, 0.3) is 0 Å². The Morgan fingerprint density at radius 3 is 2.64 bits per heavy atom. The molecule has 1 amide bonds. The zero-order valence-corrected chi connectivity index (χ0v) is 9.54. The molecular weight excluding hydrogens is 221 g/mol. The molecule has 14 heavy (non-hydrogen) atoms. The van der Waals surface area contributed by atoms with E-state index in [1.165, 1.54) is 0 Å². The van der Waals surface area contributed by atoms with E-state index in [0.717, 1.165) is 5.56 Å². The Morgan fingerprint density at radius 2 is 2.07 bits per heavy atom. The van der Waals surface area contributed by atoms with Gasteiger partial charge in [-0.2, -0.15) is 0 Å². The minimum absolute atomic E-state index is 0.0496. The van der Waals surface area contributed by atoms with Crippen molar-refractivity contribution in [3.63, 3.8) is 0 Å². The van der Waals surface area contributed by atoms with Gasteiger partial charge in [-0.25, -0.2) is 0 Å². The molecule has 2 nitrogen and oxygen atoms in total. The van der Waals surface area contributed by atoms with Crippen LogP contribution in [0.3, 0.4) is 0 Å². The first kappa shape index (κ1) is 11.3. The van der Waals surface area contributed by atoms with E-state index < -0.39 is 0 Å². The smallest absolute Gasteiger partial charge is 0.224 e. The first-order valence-electron chi connectivity index (χ1n) is 4.30. The molecule has 0 fully saturated rings. The van der Waals surface area contributed by atoms with Crippen LogP contribution in [0.2, 0.25) is 10.0 Å². The van der Waals surface area contributed by atoms with Gasteiger partial charge in [-0.1, -0.05) is 30.1 Å². The molecule has 0 atom stereocenters. The number of amides is 1. The number of rotatable bonds is 2. The van der Waals surface area contributed by atoms with Crippen molar-refractivity contribution in [3.05, 3.63) is 27.7 Å². The highest BCUT2D eigenvalue weighted by atomic mass is 35.5. The predicted octanol–water partition coefficient (Wildman–Crippen LogP) is 3.65. The third kappa shape index (κ3) is 2.63. The van der Waals surface area contributed by atoms with Crippen LogP contribution in [-0.4, -0.2) is 5.91 Å². The molecule has 0 spiro atoms. The number of anilines is 1. The number of benzene rings is 1. The standard InChI is InChI=1S/C10H11Cl2NO/c1-3-10(14)13-9-5-7(11)4-8(12)6(9)2/h4-5H,3H2,1-2H3,(H,13,14). The number of carbonyl (C=O) groups is 1. The van der Waals surface area contributed by atoms with Gasteiger partial charge < -0.3 is 5.32 Å². The summed E-state index contributed by atoms with van der Waals surface area (Å²) >= 11 is 11.7. The molecule has 1 aromatic carbocycles. The van der Waals surface area contributed by atoms with Crippen LogP contribution in [0.4, 0.5) is 5.69 Å². The SMILES string of the molecule is CCC(=O)Nc1cc(Cl)cc(Cl)c1C. The van der Waals surface area contributed by atoms with Crippen LogP contribution in [0, 0.1) is 6.92 Å². The van der Waals surface area contributed by atoms with Gasteiger partial charge in [-0.05, 0) is 24.6 Å². The summed E-state index contributed by atoms with van der Waals surface area (Å²) in [6.45, 7) is 3.63. The van der Waals surface area contributed by atoms with Gasteiger partial charge in [-0.15, -0.1) is 0 Å². The molecule has 0 radical (unpaired) electrons. The van der Waals surface area contributed by atoms with Crippen molar-refractivity contribution in [2.75, 3.05) is 5.32 Å². The molecule has 1 aromatic rings. The van der Waals surface area contributed by atoms with Crippen LogP contribution >= 0.6 is 23.2 Å². The van der Waals surface area contributed by atoms with Crippen LogP contribution in [0.15, 0.2) is 12.1 Å². The van der Waals surface area contributed by atoms with Crippen LogP contribution in [-0.2, 0) is 4.79 Å². The van der Waals surface area contributed by atoms with E-state index in [1.807, 2.05) is 6.92 Å². The Hall–Kier alpha value is -0.730. The van der Waals surface area contributed by atoms with Crippen molar-refractivity contribution in [2.24, 2.45) is 0 Å². The van der Waals surface area contributed by atoms with E-state index in [4.69, 9.17) is 23.2 Å². The Balaban J connectivity index is 3.02. The molecular formula is C10H11Cl2NO. The first-order valence-corrected chi connectivity index (χ1v) is 5.05. The molecule has 1 N–H and O–H groups in total. The summed E-state index contributed by atoms with van der Waals surface area (Å²) in [5.74, 6) is -0.0496. The second kappa shape index (κ2) is 4.67. The molecule has 0 saturated carbocycles. The van der Waals surface area contributed by atoms with Gasteiger partial charge in [-0.3, -0.25) is 4.79 Å². The highest BCUT2D eigenvalue weighted by molar-refractivity contribution is 6.35. The first-order chi connectivity index (χ1) is 6.54. The average Bonchev–Trinajstić information content (AvgIpc) is 2.13. The summed E-state index contributed by atoms with van der Waals surface area (Å²) in [6, 6.07) is 3.34. The van der Waals surface area contributed by atoms with Gasteiger partial charge in [0.1, 0.15) is 0 Å². The molecule has 4 heteroatoms. The zero-order chi connectivity index (χ0) is 10.7. The number of hydrogen-bond donors (Lipinski definition) is 1. The molecule has 0 bridgehead atoms. The van der Waals surface area contributed by atoms with E-state index in [1.54, 1.807) is 19.1 Å². The maximum absolute atomic E-state index is 11.2. The molecule has 1 rings (SSSR count). The third-order valence-corrected chi connectivity index (χ3v) is 2.52. The molecule has 76 valence electrons. The van der Waals surface area contributed by atoms with Gasteiger partial charge in [0, 0.05) is 22.2 Å². The van der Waals surface area contributed by atoms with Crippen molar-refractivity contribution in [3.8, 4) is 0 Å². The lowest BCUT2D eigenvalue weighted by molar-refractivity contribution is -0.115. The third-order valence-electron chi connectivity index (χ3n) is 1.90. The molecule has 0 saturated heterocycles. The Bertz CT molecular complexity index is 363. The summed E-state index contributed by atoms with van der Waals surface area (Å²) < 4.78 is 0. The van der Waals surface area contributed by atoms with Gasteiger partial charge in [0.2, 0.25) is 5.91 Å². The molecule has 0 unspecified atom stereocenters. The maximum Gasteiger partial charge on any atom is 0.224 e. The lowest BCUT2D eigenvalue weighted by atomic mass is 10.2. The van der Waals surface area contributed by atoms with E-state index >= 15 is 0 Å². The molecule has 0 aliphatic rings. The summed E-state index contributed by atoms with van der Waals surface area (Å²) in [5.41, 5.74) is 1.51. The predicted molar refractivity (Wildman–Crippen MR) is 60.1 cm³/mol. The fourth-order valence-corrected chi connectivity index (χ4v) is 1.51. The number of carbonyl (C=O) groups excluding carboxylic acids is 1. The van der Waals surface area contributed by atoms with Gasteiger partial charge >= 0.3 is 0 Å². The van der Waals surface area contributed by atoms with Crippen molar-refractivity contribution in [1.82, 2.24) is 0 Å². The monoisotopic (exact) mass is 231 g/mol. The summed E-state index contributed by atoms with van der Waals surface area (Å²) in [4.78, 5) is 11.2. The lowest BCUT2D eigenvalue weighted by Crippen LogP contribution is -2.10. The zero-order valence-electron chi connectivity index (χ0n) is 8.03. The minimum Gasteiger partial charge on any atom is -0.326 e. The summed E-state index contributed by atoms with van der Waals surface area (Å²) in [5, 5.41) is 3.81. The second-order valence-corrected chi connectivity index (χ2v) is 3.81. The quantitative estimate of drug-likeness (QED) is 0.828. The normalized spacial score (nSPS) is 10.0. The number of nitrogens with one attached hydrogen (secondary N) is 1. The fraction of sp³-hybridized carbons (Fsp3) is 0.300.